The summed E-state index contributed by atoms with van der Waals surface area (Å²) < 4.78 is 28.9. The van der Waals surface area contributed by atoms with E-state index in [0.717, 1.165) is 9.87 Å². The van der Waals surface area contributed by atoms with E-state index in [0.29, 0.717) is 17.1 Å². The van der Waals surface area contributed by atoms with Crippen molar-refractivity contribution in [3.63, 3.8) is 0 Å². The van der Waals surface area contributed by atoms with Crippen molar-refractivity contribution in [1.29, 1.82) is 0 Å². The fraction of sp³-hybridized carbons (Fsp3) is 0.235. The summed E-state index contributed by atoms with van der Waals surface area (Å²) in [6.07, 6.45) is 0.157. The molecule has 0 aliphatic heterocycles. The van der Waals surface area contributed by atoms with Gasteiger partial charge in [0, 0.05) is 36.7 Å². The van der Waals surface area contributed by atoms with E-state index in [1.165, 1.54) is 41.3 Å². The molecule has 0 saturated heterocycles. The highest BCUT2D eigenvalue weighted by atomic mass is 35.5. The lowest BCUT2D eigenvalue weighted by molar-refractivity contribution is -0.384. The van der Waals surface area contributed by atoms with Crippen molar-refractivity contribution in [2.24, 2.45) is 5.92 Å². The summed E-state index contributed by atoms with van der Waals surface area (Å²) in [4.78, 5) is 40.3. The number of carbonyl (C=O) groups excluding carboxylic acids is 2. The van der Waals surface area contributed by atoms with E-state index >= 15 is 0 Å². The van der Waals surface area contributed by atoms with Crippen LogP contribution in [0.25, 0.3) is 0 Å². The number of non-ortho nitro benzene ring substituents is 1. The van der Waals surface area contributed by atoms with E-state index in [2.05, 4.69) is 5.32 Å². The van der Waals surface area contributed by atoms with Crippen LogP contribution in [0.2, 0.25) is 5.02 Å². The third-order valence-corrected chi connectivity index (χ3v) is 9.37. The number of halogens is 1. The van der Waals surface area contributed by atoms with Crippen LogP contribution in [0.3, 0.4) is 0 Å². The van der Waals surface area contributed by atoms with Crippen LogP contribution in [0.4, 0.5) is 11.4 Å². The molecular weight excluding hydrogens is 628 g/mol. The molecule has 4 aromatic carbocycles. The Kier molecular flexibility index (Phi) is 11.5. The molecule has 12 heteroatoms. The maximum atomic E-state index is 14.5. The summed E-state index contributed by atoms with van der Waals surface area (Å²) in [5.74, 6) is -0.924. The summed E-state index contributed by atoms with van der Waals surface area (Å²) >= 11 is 6.51. The summed E-state index contributed by atoms with van der Waals surface area (Å²) in [7, 11) is -4.33. The minimum Gasteiger partial charge on any atom is -0.354 e. The highest BCUT2D eigenvalue weighted by Crippen LogP contribution is 2.27. The van der Waals surface area contributed by atoms with Crippen LogP contribution >= 0.6 is 11.6 Å². The Morgan fingerprint density at radius 1 is 0.870 bits per heavy atom. The fourth-order valence-corrected chi connectivity index (χ4v) is 6.41. The fourth-order valence-electron chi connectivity index (χ4n) is 4.78. The summed E-state index contributed by atoms with van der Waals surface area (Å²) in [6.45, 7) is 3.51. The first-order valence-electron chi connectivity index (χ1n) is 14.6. The predicted molar refractivity (Wildman–Crippen MR) is 178 cm³/mol. The first-order chi connectivity index (χ1) is 22.0. The van der Waals surface area contributed by atoms with Crippen molar-refractivity contribution < 1.29 is 22.9 Å². The summed E-state index contributed by atoms with van der Waals surface area (Å²) in [5.41, 5.74) is 1.18. The zero-order chi connectivity index (χ0) is 33.3. The minimum atomic E-state index is -4.33. The Morgan fingerprint density at radius 3 is 2.04 bits per heavy atom. The highest BCUT2D eigenvalue weighted by Gasteiger charge is 2.35. The van der Waals surface area contributed by atoms with Gasteiger partial charge in [0.25, 0.3) is 15.7 Å². The molecule has 0 aromatic heterocycles. The number of hydrogen-bond donors (Lipinski definition) is 1. The van der Waals surface area contributed by atoms with Gasteiger partial charge in [-0.3, -0.25) is 24.0 Å². The van der Waals surface area contributed by atoms with Crippen molar-refractivity contribution in [3.05, 3.63) is 135 Å². The molecule has 46 heavy (non-hydrogen) atoms. The average molecular weight is 663 g/mol. The Balaban J connectivity index is 1.81. The molecule has 1 atom stereocenters. The molecule has 0 unspecified atom stereocenters. The van der Waals surface area contributed by atoms with E-state index in [-0.39, 0.29) is 35.2 Å². The van der Waals surface area contributed by atoms with Crippen LogP contribution < -0.4 is 9.62 Å². The molecule has 0 aliphatic rings. The van der Waals surface area contributed by atoms with Crippen molar-refractivity contribution in [2.45, 2.75) is 37.8 Å². The number of nitro benzene ring substituents is 1. The Bertz CT molecular complexity index is 1750. The predicted octanol–water partition coefficient (Wildman–Crippen LogP) is 5.86. The quantitative estimate of drug-likeness (QED) is 0.133. The number of nitrogens with one attached hydrogen (secondary N) is 1. The topological polar surface area (TPSA) is 130 Å². The molecule has 240 valence electrons. The van der Waals surface area contributed by atoms with Gasteiger partial charge in [0.1, 0.15) is 12.6 Å². The molecule has 0 bridgehead atoms. The van der Waals surface area contributed by atoms with Crippen molar-refractivity contribution in [3.8, 4) is 0 Å². The molecule has 0 saturated carbocycles. The lowest BCUT2D eigenvalue weighted by Crippen LogP contribution is -2.53. The van der Waals surface area contributed by atoms with E-state index in [1.807, 2.05) is 44.2 Å². The number of sulfonamides is 1. The number of carbonyl (C=O) groups is 2. The average Bonchev–Trinajstić information content (AvgIpc) is 3.05. The smallest absolute Gasteiger partial charge is 0.269 e. The second kappa shape index (κ2) is 15.5. The second-order valence-corrected chi connectivity index (χ2v) is 13.3. The third-order valence-electron chi connectivity index (χ3n) is 7.21. The molecule has 2 amide bonds. The minimum absolute atomic E-state index is 0.0457. The van der Waals surface area contributed by atoms with E-state index in [4.69, 9.17) is 11.6 Å². The van der Waals surface area contributed by atoms with Gasteiger partial charge in [-0.1, -0.05) is 92.2 Å². The van der Waals surface area contributed by atoms with Crippen molar-refractivity contribution >= 4 is 44.8 Å². The molecule has 0 fully saturated rings. The molecule has 4 rings (SSSR count). The Morgan fingerprint density at radius 2 is 1.46 bits per heavy atom. The van der Waals surface area contributed by atoms with Crippen LogP contribution in [-0.2, 0) is 32.6 Å². The van der Waals surface area contributed by atoms with E-state index in [1.54, 1.807) is 42.5 Å². The number of rotatable bonds is 14. The second-order valence-electron chi connectivity index (χ2n) is 11.1. The van der Waals surface area contributed by atoms with Gasteiger partial charge in [0.15, 0.2) is 0 Å². The zero-order valence-corrected chi connectivity index (χ0v) is 27.0. The number of benzene rings is 4. The highest BCUT2D eigenvalue weighted by molar-refractivity contribution is 7.92. The number of amides is 2. The summed E-state index contributed by atoms with van der Waals surface area (Å²) in [6, 6.07) is 27.6. The molecule has 0 spiro atoms. The normalized spacial score (nSPS) is 11.9. The summed E-state index contributed by atoms with van der Waals surface area (Å²) in [5, 5.41) is 14.6. The molecule has 0 heterocycles. The van der Waals surface area contributed by atoms with Gasteiger partial charge in [-0.15, -0.1) is 0 Å². The van der Waals surface area contributed by atoms with Gasteiger partial charge in [-0.05, 0) is 47.4 Å². The van der Waals surface area contributed by atoms with Crippen LogP contribution in [0.15, 0.2) is 114 Å². The number of nitro groups is 1. The molecule has 0 aliphatic carbocycles. The van der Waals surface area contributed by atoms with Crippen molar-refractivity contribution in [1.82, 2.24) is 10.2 Å². The molecule has 0 radical (unpaired) electrons. The molecule has 10 nitrogen and oxygen atoms in total. The standard InChI is InChI=1S/C34H35ClN4O6S/c1-25(2)22-36-34(41)32(21-26-11-5-3-6-12-26)37(23-27-13-9-10-16-31(27)35)33(40)24-38(28-17-19-29(20-18-28)39(42)43)46(44,45)30-14-7-4-8-15-30/h3-20,25,32H,21-24H2,1-2H3,(H,36,41)/t32-/m1/s1. The lowest BCUT2D eigenvalue weighted by atomic mass is 10.0. The zero-order valence-electron chi connectivity index (χ0n) is 25.5. The third kappa shape index (κ3) is 8.70. The largest absolute Gasteiger partial charge is 0.354 e. The monoisotopic (exact) mass is 662 g/mol. The maximum Gasteiger partial charge on any atom is 0.269 e. The van der Waals surface area contributed by atoms with Crippen LogP contribution in [0.1, 0.15) is 25.0 Å². The van der Waals surface area contributed by atoms with Crippen LogP contribution in [-0.4, -0.2) is 49.2 Å². The van der Waals surface area contributed by atoms with Crippen LogP contribution in [0, 0.1) is 16.0 Å². The van der Waals surface area contributed by atoms with Crippen LogP contribution in [0.5, 0.6) is 0 Å². The number of anilines is 1. The Hall–Kier alpha value is -4.74. The van der Waals surface area contributed by atoms with Gasteiger partial charge >= 0.3 is 0 Å². The molecule has 1 N–H and O–H groups in total. The Labute approximate surface area is 273 Å². The van der Waals surface area contributed by atoms with Crippen molar-refractivity contribution in [2.75, 3.05) is 17.4 Å². The van der Waals surface area contributed by atoms with E-state index in [9.17, 15) is 28.1 Å². The maximum absolute atomic E-state index is 14.5. The van der Waals surface area contributed by atoms with E-state index < -0.39 is 39.3 Å². The van der Waals surface area contributed by atoms with Gasteiger partial charge in [0.05, 0.1) is 15.5 Å². The van der Waals surface area contributed by atoms with Gasteiger partial charge < -0.3 is 10.2 Å². The molecule has 4 aromatic rings. The first-order valence-corrected chi connectivity index (χ1v) is 16.5. The SMILES string of the molecule is CC(C)CNC(=O)[C@@H](Cc1ccccc1)N(Cc1ccccc1Cl)C(=O)CN(c1ccc([N+](=O)[O-])cc1)S(=O)(=O)c1ccccc1. The first kappa shape index (κ1) is 34.1. The lowest BCUT2D eigenvalue weighted by Gasteiger charge is -2.34. The van der Waals surface area contributed by atoms with Gasteiger partial charge in [-0.2, -0.15) is 0 Å². The molecular formula is C34H35ClN4O6S. The number of hydrogen-bond acceptors (Lipinski definition) is 6. The van der Waals surface area contributed by atoms with Gasteiger partial charge in [0.2, 0.25) is 11.8 Å². The van der Waals surface area contributed by atoms with Gasteiger partial charge in [-0.25, -0.2) is 8.42 Å². The number of nitrogens with zero attached hydrogens (tertiary/aromatic N) is 3.